The monoisotopic (exact) mass is 239 g/mol. The number of halogens is 1. The number of aromatic hydroxyl groups is 1. The molecule has 0 atom stereocenters. The summed E-state index contributed by atoms with van der Waals surface area (Å²) in [7, 11) is 0. The molecule has 1 aliphatic carbocycles. The summed E-state index contributed by atoms with van der Waals surface area (Å²) in [5.41, 5.74) is 8.64. The first-order chi connectivity index (χ1) is 7.52. The minimum Gasteiger partial charge on any atom is -0.507 e. The van der Waals surface area contributed by atoms with Crippen molar-refractivity contribution < 1.29 is 5.11 Å². The molecule has 1 aromatic carbocycles. The SMILES string of the molecule is Cc1cc(Cl)c(C)c(C2(CN)CCC2)c1O. The summed E-state index contributed by atoms with van der Waals surface area (Å²) in [5.74, 6) is 0.382. The van der Waals surface area contributed by atoms with Crippen molar-refractivity contribution in [3.8, 4) is 5.75 Å². The average Bonchev–Trinajstić information content (AvgIpc) is 2.19. The molecule has 2 rings (SSSR count). The molecular formula is C13H18ClNO. The lowest BCUT2D eigenvalue weighted by atomic mass is 9.63. The van der Waals surface area contributed by atoms with Crippen molar-refractivity contribution in [3.63, 3.8) is 0 Å². The van der Waals surface area contributed by atoms with Crippen LogP contribution in [0.3, 0.4) is 0 Å². The summed E-state index contributed by atoms with van der Waals surface area (Å²) in [6, 6.07) is 1.82. The van der Waals surface area contributed by atoms with Gasteiger partial charge in [-0.05, 0) is 43.9 Å². The highest BCUT2D eigenvalue weighted by molar-refractivity contribution is 6.31. The second-order valence-electron chi connectivity index (χ2n) is 4.86. The third-order valence-corrected chi connectivity index (χ3v) is 4.31. The predicted molar refractivity (Wildman–Crippen MR) is 67.2 cm³/mol. The van der Waals surface area contributed by atoms with Gasteiger partial charge in [-0.2, -0.15) is 0 Å². The van der Waals surface area contributed by atoms with Gasteiger partial charge in [0, 0.05) is 22.5 Å². The first-order valence-corrected chi connectivity index (χ1v) is 6.09. The molecule has 88 valence electrons. The summed E-state index contributed by atoms with van der Waals surface area (Å²) in [5, 5.41) is 10.9. The number of aryl methyl sites for hydroxylation is 1. The van der Waals surface area contributed by atoms with Crippen LogP contribution in [0, 0.1) is 13.8 Å². The molecule has 1 aromatic rings. The lowest BCUT2D eigenvalue weighted by Gasteiger charge is -2.43. The Balaban J connectivity index is 2.63. The Morgan fingerprint density at radius 3 is 2.50 bits per heavy atom. The van der Waals surface area contributed by atoms with Crippen molar-refractivity contribution in [2.75, 3.05) is 6.54 Å². The maximum absolute atomic E-state index is 10.2. The summed E-state index contributed by atoms with van der Waals surface area (Å²) in [4.78, 5) is 0. The number of hydrogen-bond acceptors (Lipinski definition) is 2. The zero-order chi connectivity index (χ0) is 11.9. The molecule has 1 aliphatic rings. The highest BCUT2D eigenvalue weighted by Crippen LogP contribution is 2.49. The lowest BCUT2D eigenvalue weighted by Crippen LogP contribution is -2.42. The number of hydrogen-bond donors (Lipinski definition) is 2. The molecule has 0 aliphatic heterocycles. The van der Waals surface area contributed by atoms with Crippen LogP contribution in [-0.4, -0.2) is 11.7 Å². The highest BCUT2D eigenvalue weighted by Gasteiger charge is 2.41. The molecule has 1 saturated carbocycles. The summed E-state index contributed by atoms with van der Waals surface area (Å²) < 4.78 is 0. The van der Waals surface area contributed by atoms with E-state index in [1.165, 1.54) is 6.42 Å². The Hall–Kier alpha value is -0.730. The normalized spacial score (nSPS) is 18.2. The topological polar surface area (TPSA) is 46.2 Å². The Morgan fingerprint density at radius 1 is 1.44 bits per heavy atom. The molecule has 3 N–H and O–H groups in total. The third kappa shape index (κ3) is 1.52. The molecular weight excluding hydrogens is 222 g/mol. The number of benzene rings is 1. The Kier molecular flexibility index (Phi) is 2.89. The molecule has 1 fully saturated rings. The van der Waals surface area contributed by atoms with Crippen molar-refractivity contribution in [2.45, 2.75) is 38.5 Å². The minimum atomic E-state index is -0.0379. The Labute approximate surface area is 101 Å². The fourth-order valence-electron chi connectivity index (χ4n) is 2.67. The van der Waals surface area contributed by atoms with Gasteiger partial charge in [-0.25, -0.2) is 0 Å². The molecule has 0 heterocycles. The molecule has 0 bridgehead atoms. The van der Waals surface area contributed by atoms with Crippen LogP contribution < -0.4 is 5.73 Å². The second-order valence-corrected chi connectivity index (χ2v) is 5.27. The van der Waals surface area contributed by atoms with E-state index in [-0.39, 0.29) is 5.41 Å². The summed E-state index contributed by atoms with van der Waals surface area (Å²) >= 11 is 6.18. The first-order valence-electron chi connectivity index (χ1n) is 5.71. The van der Waals surface area contributed by atoms with Gasteiger partial charge < -0.3 is 10.8 Å². The zero-order valence-corrected chi connectivity index (χ0v) is 10.6. The van der Waals surface area contributed by atoms with Gasteiger partial charge in [0.2, 0.25) is 0 Å². The summed E-state index contributed by atoms with van der Waals surface area (Å²) in [6.07, 6.45) is 3.29. The van der Waals surface area contributed by atoms with Crippen LogP contribution in [0.25, 0.3) is 0 Å². The number of rotatable bonds is 2. The van der Waals surface area contributed by atoms with Gasteiger partial charge in [0.15, 0.2) is 0 Å². The molecule has 0 saturated heterocycles. The Bertz CT molecular complexity index is 393. The smallest absolute Gasteiger partial charge is 0.122 e. The highest BCUT2D eigenvalue weighted by atomic mass is 35.5. The van der Waals surface area contributed by atoms with Crippen molar-refractivity contribution in [2.24, 2.45) is 5.73 Å². The second kappa shape index (κ2) is 3.94. The van der Waals surface area contributed by atoms with Gasteiger partial charge in [0.05, 0.1) is 0 Å². The van der Waals surface area contributed by atoms with Crippen molar-refractivity contribution >= 4 is 11.6 Å². The molecule has 3 heteroatoms. The van der Waals surface area contributed by atoms with Crippen molar-refractivity contribution in [1.82, 2.24) is 0 Å². The van der Waals surface area contributed by atoms with Gasteiger partial charge in [-0.3, -0.25) is 0 Å². The van der Waals surface area contributed by atoms with Crippen LogP contribution in [-0.2, 0) is 5.41 Å². The number of phenols is 1. The lowest BCUT2D eigenvalue weighted by molar-refractivity contribution is 0.243. The molecule has 16 heavy (non-hydrogen) atoms. The van der Waals surface area contributed by atoms with E-state index in [1.54, 1.807) is 0 Å². The molecule has 0 aromatic heterocycles. The molecule has 0 amide bonds. The van der Waals surface area contributed by atoms with E-state index in [0.717, 1.165) is 34.6 Å². The average molecular weight is 240 g/mol. The van der Waals surface area contributed by atoms with E-state index >= 15 is 0 Å². The third-order valence-electron chi connectivity index (χ3n) is 3.92. The van der Waals surface area contributed by atoms with Crippen LogP contribution >= 0.6 is 11.6 Å². The van der Waals surface area contributed by atoms with Gasteiger partial charge in [-0.1, -0.05) is 18.0 Å². The molecule has 0 radical (unpaired) electrons. The van der Waals surface area contributed by atoms with Crippen LogP contribution in [0.4, 0.5) is 0 Å². The maximum atomic E-state index is 10.2. The zero-order valence-electron chi connectivity index (χ0n) is 9.81. The van der Waals surface area contributed by atoms with E-state index in [2.05, 4.69) is 0 Å². The van der Waals surface area contributed by atoms with E-state index < -0.39 is 0 Å². The van der Waals surface area contributed by atoms with Gasteiger partial charge in [0.25, 0.3) is 0 Å². The largest absolute Gasteiger partial charge is 0.507 e. The maximum Gasteiger partial charge on any atom is 0.122 e. The van der Waals surface area contributed by atoms with Gasteiger partial charge >= 0.3 is 0 Å². The van der Waals surface area contributed by atoms with Crippen LogP contribution in [0.1, 0.15) is 36.0 Å². The first kappa shape index (κ1) is 11.7. The number of phenolic OH excluding ortho intramolecular Hbond substituents is 1. The van der Waals surface area contributed by atoms with Gasteiger partial charge in [0.1, 0.15) is 5.75 Å². The standard InChI is InChI=1S/C13H18ClNO/c1-8-6-10(14)9(2)11(12(8)16)13(7-15)4-3-5-13/h6,16H,3-5,7,15H2,1-2H3. The van der Waals surface area contributed by atoms with E-state index in [4.69, 9.17) is 17.3 Å². The quantitative estimate of drug-likeness (QED) is 0.833. The Morgan fingerprint density at radius 2 is 2.06 bits per heavy atom. The van der Waals surface area contributed by atoms with E-state index in [0.29, 0.717) is 12.3 Å². The predicted octanol–water partition coefficient (Wildman–Crippen LogP) is 3.04. The fraction of sp³-hybridized carbons (Fsp3) is 0.538. The van der Waals surface area contributed by atoms with Crippen LogP contribution in [0.5, 0.6) is 5.75 Å². The molecule has 0 spiro atoms. The fourth-order valence-corrected chi connectivity index (χ4v) is 2.93. The summed E-state index contributed by atoms with van der Waals surface area (Å²) in [6.45, 7) is 4.43. The number of nitrogens with two attached hydrogens (primary N) is 1. The van der Waals surface area contributed by atoms with Crippen molar-refractivity contribution in [3.05, 3.63) is 27.8 Å². The van der Waals surface area contributed by atoms with Crippen LogP contribution in [0.2, 0.25) is 5.02 Å². The minimum absolute atomic E-state index is 0.0379. The van der Waals surface area contributed by atoms with E-state index in [1.807, 2.05) is 19.9 Å². The van der Waals surface area contributed by atoms with Crippen molar-refractivity contribution in [1.29, 1.82) is 0 Å². The van der Waals surface area contributed by atoms with Crippen LogP contribution in [0.15, 0.2) is 6.07 Å². The molecule has 2 nitrogen and oxygen atoms in total. The van der Waals surface area contributed by atoms with Gasteiger partial charge in [-0.15, -0.1) is 0 Å². The van der Waals surface area contributed by atoms with E-state index in [9.17, 15) is 5.11 Å². The molecule has 0 unspecified atom stereocenters.